The molecule has 5 heteroatoms. The number of halogens is 2. The van der Waals surface area contributed by atoms with E-state index < -0.39 is 0 Å². The van der Waals surface area contributed by atoms with Crippen molar-refractivity contribution in [1.29, 1.82) is 0 Å². The van der Waals surface area contributed by atoms with Crippen LogP contribution in [-0.4, -0.2) is 16.7 Å². The minimum absolute atomic E-state index is 0.332. The highest BCUT2D eigenvalue weighted by Crippen LogP contribution is 2.26. The molecular weight excluding hydrogens is 295 g/mol. The summed E-state index contributed by atoms with van der Waals surface area (Å²) >= 11 is 12.1. The van der Waals surface area contributed by atoms with Crippen molar-refractivity contribution in [1.82, 2.24) is 9.55 Å². The van der Waals surface area contributed by atoms with Crippen LogP contribution in [0.2, 0.25) is 5.02 Å². The lowest BCUT2D eigenvalue weighted by Gasteiger charge is -2.09. The second kappa shape index (κ2) is 5.35. The topological polar surface area (TPSA) is 27.1 Å². The van der Waals surface area contributed by atoms with E-state index in [0.29, 0.717) is 10.9 Å². The number of methoxy groups -OCH3 is 1. The van der Waals surface area contributed by atoms with Crippen LogP contribution in [0.4, 0.5) is 0 Å². The maximum absolute atomic E-state index is 6.08. The van der Waals surface area contributed by atoms with E-state index in [2.05, 4.69) is 4.98 Å². The van der Waals surface area contributed by atoms with Crippen LogP contribution < -0.4 is 4.74 Å². The highest BCUT2D eigenvalue weighted by molar-refractivity contribution is 6.31. The number of hydrogen-bond acceptors (Lipinski definition) is 2. The van der Waals surface area contributed by atoms with Gasteiger partial charge in [-0.1, -0.05) is 11.6 Å². The maximum atomic E-state index is 6.08. The van der Waals surface area contributed by atoms with Gasteiger partial charge in [0, 0.05) is 10.7 Å². The van der Waals surface area contributed by atoms with Crippen molar-refractivity contribution in [2.24, 2.45) is 0 Å². The average molecular weight is 307 g/mol. The number of hydrogen-bond donors (Lipinski definition) is 0. The Balaban J connectivity index is 2.24. The Morgan fingerprint density at radius 3 is 2.55 bits per heavy atom. The largest absolute Gasteiger partial charge is 0.497 e. The summed E-state index contributed by atoms with van der Waals surface area (Å²) in [4.78, 5) is 4.53. The van der Waals surface area contributed by atoms with Gasteiger partial charge in [-0.25, -0.2) is 4.98 Å². The van der Waals surface area contributed by atoms with Gasteiger partial charge < -0.3 is 4.74 Å². The number of aromatic nitrogens is 2. The first-order valence-electron chi connectivity index (χ1n) is 6.10. The van der Waals surface area contributed by atoms with Crippen LogP contribution in [0.5, 0.6) is 5.75 Å². The molecule has 102 valence electrons. The standard InChI is InChI=1S/C15H12Cl2N2O/c1-20-12-5-3-11(4-6-12)19-14-8-10(17)2-7-13(14)18-15(19)9-16/h2-8H,9H2,1H3. The molecule has 0 bridgehead atoms. The Labute approximate surface area is 126 Å². The molecule has 20 heavy (non-hydrogen) atoms. The zero-order chi connectivity index (χ0) is 14.1. The molecule has 3 rings (SSSR count). The number of alkyl halides is 1. The molecule has 0 saturated heterocycles. The van der Waals surface area contributed by atoms with Gasteiger partial charge in [0.25, 0.3) is 0 Å². The number of nitrogens with zero attached hydrogens (tertiary/aromatic N) is 2. The summed E-state index contributed by atoms with van der Waals surface area (Å²) in [5.41, 5.74) is 2.80. The Morgan fingerprint density at radius 1 is 1.15 bits per heavy atom. The third kappa shape index (κ3) is 2.23. The summed E-state index contributed by atoms with van der Waals surface area (Å²) < 4.78 is 7.19. The lowest BCUT2D eigenvalue weighted by Crippen LogP contribution is -1.99. The second-order valence-electron chi connectivity index (χ2n) is 4.33. The third-order valence-corrected chi connectivity index (χ3v) is 3.61. The van der Waals surface area contributed by atoms with Crippen LogP contribution in [0.25, 0.3) is 16.7 Å². The van der Waals surface area contributed by atoms with Gasteiger partial charge in [0.15, 0.2) is 0 Å². The van der Waals surface area contributed by atoms with E-state index in [1.165, 1.54) is 0 Å². The van der Waals surface area contributed by atoms with Gasteiger partial charge >= 0.3 is 0 Å². The first-order chi connectivity index (χ1) is 9.72. The van der Waals surface area contributed by atoms with E-state index >= 15 is 0 Å². The lowest BCUT2D eigenvalue weighted by atomic mass is 10.2. The molecule has 2 aromatic carbocycles. The van der Waals surface area contributed by atoms with E-state index in [4.69, 9.17) is 27.9 Å². The molecule has 0 aliphatic heterocycles. The van der Waals surface area contributed by atoms with Gasteiger partial charge in [-0.15, -0.1) is 11.6 Å². The molecule has 0 fully saturated rings. The number of benzene rings is 2. The van der Waals surface area contributed by atoms with Crippen molar-refractivity contribution in [3.05, 3.63) is 53.3 Å². The number of rotatable bonds is 3. The first-order valence-corrected chi connectivity index (χ1v) is 7.01. The molecular formula is C15H12Cl2N2O. The summed E-state index contributed by atoms with van der Waals surface area (Å²) in [6, 6.07) is 13.4. The predicted octanol–water partition coefficient (Wildman–Crippen LogP) is 4.43. The fourth-order valence-electron chi connectivity index (χ4n) is 2.21. The summed E-state index contributed by atoms with van der Waals surface area (Å²) in [5.74, 6) is 1.93. The van der Waals surface area contributed by atoms with E-state index in [9.17, 15) is 0 Å². The fourth-order valence-corrected chi connectivity index (χ4v) is 2.55. The minimum atomic E-state index is 0.332. The fraction of sp³-hybridized carbons (Fsp3) is 0.133. The summed E-state index contributed by atoms with van der Waals surface area (Å²) in [6.07, 6.45) is 0. The molecule has 1 heterocycles. The number of ether oxygens (including phenoxy) is 1. The Bertz CT molecular complexity index is 750. The molecule has 0 amide bonds. The molecule has 0 saturated carbocycles. The van der Waals surface area contributed by atoms with Gasteiger partial charge in [-0.05, 0) is 42.5 Å². The SMILES string of the molecule is COc1ccc(-n2c(CCl)nc3ccc(Cl)cc32)cc1. The molecule has 1 aromatic heterocycles. The van der Waals surface area contributed by atoms with Crippen molar-refractivity contribution in [2.75, 3.05) is 7.11 Å². The molecule has 0 radical (unpaired) electrons. The summed E-state index contributed by atoms with van der Waals surface area (Å²) in [5, 5.41) is 0.674. The Hall–Kier alpha value is -1.71. The van der Waals surface area contributed by atoms with Crippen LogP contribution in [0.3, 0.4) is 0 Å². The third-order valence-electron chi connectivity index (χ3n) is 3.14. The van der Waals surface area contributed by atoms with Crippen molar-refractivity contribution >= 4 is 34.2 Å². The monoisotopic (exact) mass is 306 g/mol. The lowest BCUT2D eigenvalue weighted by molar-refractivity contribution is 0.414. The molecule has 3 nitrogen and oxygen atoms in total. The quantitative estimate of drug-likeness (QED) is 0.669. The first kappa shape index (κ1) is 13.3. The van der Waals surface area contributed by atoms with Gasteiger partial charge in [0.05, 0.1) is 24.0 Å². The van der Waals surface area contributed by atoms with E-state index in [0.717, 1.165) is 28.3 Å². The van der Waals surface area contributed by atoms with E-state index in [1.54, 1.807) is 7.11 Å². The summed E-state index contributed by atoms with van der Waals surface area (Å²) in [7, 11) is 1.64. The van der Waals surface area contributed by atoms with Gasteiger partial charge in [-0.3, -0.25) is 4.57 Å². The maximum Gasteiger partial charge on any atom is 0.129 e. The van der Waals surface area contributed by atoms with Crippen LogP contribution in [0, 0.1) is 0 Å². The highest BCUT2D eigenvalue weighted by Gasteiger charge is 2.12. The molecule has 0 spiro atoms. The van der Waals surface area contributed by atoms with Crippen molar-refractivity contribution < 1.29 is 4.74 Å². The van der Waals surface area contributed by atoms with E-state index in [1.807, 2.05) is 47.0 Å². The number of fused-ring (bicyclic) bond motifs is 1. The second-order valence-corrected chi connectivity index (χ2v) is 5.03. The number of imidazole rings is 1. The van der Waals surface area contributed by atoms with Gasteiger partial charge in [-0.2, -0.15) is 0 Å². The van der Waals surface area contributed by atoms with Crippen molar-refractivity contribution in [3.63, 3.8) is 0 Å². The van der Waals surface area contributed by atoms with Gasteiger partial charge in [0.1, 0.15) is 11.6 Å². The zero-order valence-electron chi connectivity index (χ0n) is 10.8. The Kier molecular flexibility index (Phi) is 3.55. The molecule has 0 unspecified atom stereocenters. The molecule has 0 N–H and O–H groups in total. The molecule has 0 aliphatic rings. The highest BCUT2D eigenvalue weighted by atomic mass is 35.5. The van der Waals surface area contributed by atoms with Crippen molar-refractivity contribution in [2.45, 2.75) is 5.88 Å². The van der Waals surface area contributed by atoms with Crippen LogP contribution in [0.1, 0.15) is 5.82 Å². The minimum Gasteiger partial charge on any atom is -0.497 e. The normalized spacial score (nSPS) is 10.9. The molecule has 3 aromatic rings. The van der Waals surface area contributed by atoms with Crippen LogP contribution >= 0.6 is 23.2 Å². The van der Waals surface area contributed by atoms with E-state index in [-0.39, 0.29) is 0 Å². The van der Waals surface area contributed by atoms with Crippen LogP contribution in [-0.2, 0) is 5.88 Å². The predicted molar refractivity (Wildman–Crippen MR) is 82.2 cm³/mol. The van der Waals surface area contributed by atoms with Crippen LogP contribution in [0.15, 0.2) is 42.5 Å². The smallest absolute Gasteiger partial charge is 0.129 e. The molecule has 0 atom stereocenters. The average Bonchev–Trinajstić information content (AvgIpc) is 2.85. The van der Waals surface area contributed by atoms with Gasteiger partial charge in [0.2, 0.25) is 0 Å². The zero-order valence-corrected chi connectivity index (χ0v) is 12.3. The van der Waals surface area contributed by atoms with Crippen molar-refractivity contribution in [3.8, 4) is 11.4 Å². The Morgan fingerprint density at radius 2 is 1.90 bits per heavy atom. The molecule has 0 aliphatic carbocycles. The summed E-state index contributed by atoms with van der Waals surface area (Å²) in [6.45, 7) is 0.